The maximum Gasteiger partial charge on any atom is 0.434 e. The van der Waals surface area contributed by atoms with Crippen molar-refractivity contribution < 1.29 is 4.42 Å². The first-order chi connectivity index (χ1) is 6.79. The van der Waals surface area contributed by atoms with Crippen molar-refractivity contribution in [2.45, 2.75) is 6.92 Å². The minimum absolute atomic E-state index is 0.124. The van der Waals surface area contributed by atoms with Gasteiger partial charge in [0.1, 0.15) is 0 Å². The van der Waals surface area contributed by atoms with E-state index in [0.29, 0.717) is 12.2 Å². The number of aromatic nitrogens is 5. The van der Waals surface area contributed by atoms with Gasteiger partial charge in [-0.25, -0.2) is 9.89 Å². The Labute approximate surface area is 77.9 Å². The summed E-state index contributed by atoms with van der Waals surface area (Å²) in [6, 6.07) is 0. The Morgan fingerprint density at radius 1 is 1.71 bits per heavy atom. The number of nitrogens with zero attached hydrogens (tertiary/aromatic N) is 4. The van der Waals surface area contributed by atoms with E-state index < -0.39 is 5.76 Å². The zero-order valence-electron chi connectivity index (χ0n) is 7.39. The monoisotopic (exact) mass is 196 g/mol. The molecular formula is C6H8N6O2. The number of hydrogen-bond donors (Lipinski definition) is 2. The summed E-state index contributed by atoms with van der Waals surface area (Å²) in [5.41, 5.74) is 3.28. The van der Waals surface area contributed by atoms with Crippen LogP contribution in [0.4, 0.5) is 0 Å². The van der Waals surface area contributed by atoms with Crippen LogP contribution in [0.15, 0.2) is 15.4 Å². The summed E-state index contributed by atoms with van der Waals surface area (Å²) < 4.78 is 4.70. The van der Waals surface area contributed by atoms with Gasteiger partial charge in [0.15, 0.2) is 5.69 Å². The molecule has 8 nitrogen and oxygen atoms in total. The SMILES string of the molecule is CCNn1cc(-c2n[nH]c(=O)o2)nn1. The maximum atomic E-state index is 10.6. The largest absolute Gasteiger partial charge is 0.434 e. The molecule has 2 rings (SSSR count). The van der Waals surface area contributed by atoms with Gasteiger partial charge in [-0.05, 0) is 12.1 Å². The lowest BCUT2D eigenvalue weighted by Gasteiger charge is -1.97. The Balaban J connectivity index is 2.28. The molecule has 0 atom stereocenters. The third-order valence-corrected chi connectivity index (χ3v) is 1.47. The lowest BCUT2D eigenvalue weighted by molar-refractivity contribution is 0.525. The molecule has 0 bridgehead atoms. The molecule has 0 aliphatic carbocycles. The van der Waals surface area contributed by atoms with E-state index >= 15 is 0 Å². The van der Waals surface area contributed by atoms with E-state index in [9.17, 15) is 4.79 Å². The van der Waals surface area contributed by atoms with Crippen LogP contribution in [0.1, 0.15) is 6.92 Å². The topological polar surface area (TPSA) is 102 Å². The van der Waals surface area contributed by atoms with Crippen LogP contribution in [0.3, 0.4) is 0 Å². The van der Waals surface area contributed by atoms with Crippen molar-refractivity contribution in [1.29, 1.82) is 0 Å². The minimum atomic E-state index is -0.613. The first-order valence-electron chi connectivity index (χ1n) is 4.01. The second-order valence-corrected chi connectivity index (χ2v) is 2.48. The van der Waals surface area contributed by atoms with Gasteiger partial charge in [0, 0.05) is 6.54 Å². The van der Waals surface area contributed by atoms with Crippen LogP contribution in [0.25, 0.3) is 11.6 Å². The van der Waals surface area contributed by atoms with Crippen molar-refractivity contribution in [2.24, 2.45) is 0 Å². The van der Waals surface area contributed by atoms with Gasteiger partial charge in [-0.1, -0.05) is 0 Å². The van der Waals surface area contributed by atoms with E-state index in [1.54, 1.807) is 6.20 Å². The molecule has 0 spiro atoms. The molecule has 0 aliphatic heterocycles. The Hall–Kier alpha value is -2.12. The van der Waals surface area contributed by atoms with Gasteiger partial charge in [0.05, 0.1) is 6.20 Å². The third-order valence-electron chi connectivity index (χ3n) is 1.47. The predicted octanol–water partition coefficient (Wildman–Crippen LogP) is -0.815. The molecule has 0 amide bonds. The highest BCUT2D eigenvalue weighted by Gasteiger charge is 2.09. The van der Waals surface area contributed by atoms with Crippen molar-refractivity contribution in [3.8, 4) is 11.6 Å². The number of H-pyrrole nitrogens is 1. The third kappa shape index (κ3) is 1.49. The van der Waals surface area contributed by atoms with E-state index in [-0.39, 0.29) is 5.89 Å². The second-order valence-electron chi connectivity index (χ2n) is 2.48. The summed E-state index contributed by atoms with van der Waals surface area (Å²) in [5.74, 6) is -0.489. The average Bonchev–Trinajstić information content (AvgIpc) is 2.74. The molecule has 2 heterocycles. The smallest absolute Gasteiger partial charge is 0.386 e. The van der Waals surface area contributed by atoms with Crippen LogP contribution < -0.4 is 11.2 Å². The van der Waals surface area contributed by atoms with Crippen LogP contribution in [0.5, 0.6) is 0 Å². The zero-order valence-corrected chi connectivity index (χ0v) is 7.39. The molecular weight excluding hydrogens is 188 g/mol. The van der Waals surface area contributed by atoms with E-state index in [1.807, 2.05) is 6.92 Å². The summed E-state index contributed by atoms with van der Waals surface area (Å²) >= 11 is 0. The van der Waals surface area contributed by atoms with Crippen LogP contribution in [0, 0.1) is 0 Å². The van der Waals surface area contributed by atoms with Crippen molar-refractivity contribution >= 4 is 0 Å². The van der Waals surface area contributed by atoms with Gasteiger partial charge < -0.3 is 9.84 Å². The van der Waals surface area contributed by atoms with Crippen LogP contribution in [-0.4, -0.2) is 31.8 Å². The van der Waals surface area contributed by atoms with Gasteiger partial charge in [-0.15, -0.1) is 10.2 Å². The van der Waals surface area contributed by atoms with Gasteiger partial charge in [0.25, 0.3) is 5.89 Å². The molecule has 8 heteroatoms. The van der Waals surface area contributed by atoms with Crippen molar-refractivity contribution in [1.82, 2.24) is 25.3 Å². The Kier molecular flexibility index (Phi) is 2.01. The Bertz CT molecular complexity index is 468. The lowest BCUT2D eigenvalue weighted by Crippen LogP contribution is -2.14. The van der Waals surface area contributed by atoms with Crippen LogP contribution >= 0.6 is 0 Å². The Morgan fingerprint density at radius 3 is 3.21 bits per heavy atom. The highest BCUT2D eigenvalue weighted by Crippen LogP contribution is 2.08. The molecule has 0 aromatic carbocycles. The van der Waals surface area contributed by atoms with Crippen molar-refractivity contribution in [2.75, 3.05) is 12.0 Å². The summed E-state index contributed by atoms with van der Waals surface area (Å²) in [6.45, 7) is 2.64. The van der Waals surface area contributed by atoms with E-state index in [1.165, 1.54) is 4.79 Å². The predicted molar refractivity (Wildman–Crippen MR) is 46.0 cm³/mol. The number of nitrogens with one attached hydrogen (secondary N) is 2. The fraction of sp³-hybridized carbons (Fsp3) is 0.333. The maximum absolute atomic E-state index is 10.6. The molecule has 0 saturated heterocycles. The van der Waals surface area contributed by atoms with Crippen LogP contribution in [0.2, 0.25) is 0 Å². The summed E-state index contributed by atoms with van der Waals surface area (Å²) in [6.07, 6.45) is 1.57. The molecule has 2 N–H and O–H groups in total. The molecule has 0 aliphatic rings. The molecule has 0 saturated carbocycles. The molecule has 0 radical (unpaired) electrons. The number of aromatic amines is 1. The fourth-order valence-electron chi connectivity index (χ4n) is 0.941. The second kappa shape index (κ2) is 3.32. The summed E-state index contributed by atoms with van der Waals surface area (Å²) in [5, 5.41) is 13.2. The standard InChI is InChI=1S/C6H8N6O2/c1-2-7-12-3-4(8-11-12)5-9-10-6(13)14-5/h3,7H,2H2,1H3,(H,10,13). The fourth-order valence-corrected chi connectivity index (χ4v) is 0.941. The van der Waals surface area contributed by atoms with Crippen LogP contribution in [-0.2, 0) is 0 Å². The quantitative estimate of drug-likeness (QED) is 0.665. The van der Waals surface area contributed by atoms with Crippen molar-refractivity contribution in [3.05, 3.63) is 16.7 Å². The molecule has 0 fully saturated rings. The van der Waals surface area contributed by atoms with Gasteiger partial charge in [-0.3, -0.25) is 0 Å². The molecule has 0 unspecified atom stereocenters. The molecule has 2 aromatic rings. The minimum Gasteiger partial charge on any atom is -0.386 e. The van der Waals surface area contributed by atoms with E-state index in [2.05, 4.69) is 25.9 Å². The van der Waals surface area contributed by atoms with Gasteiger partial charge in [0.2, 0.25) is 0 Å². The first kappa shape index (κ1) is 8.48. The highest BCUT2D eigenvalue weighted by molar-refractivity contribution is 5.42. The van der Waals surface area contributed by atoms with Crippen molar-refractivity contribution in [3.63, 3.8) is 0 Å². The normalized spacial score (nSPS) is 10.4. The number of hydrogen-bond acceptors (Lipinski definition) is 6. The number of rotatable bonds is 3. The molecule has 2 aromatic heterocycles. The Morgan fingerprint density at radius 2 is 2.57 bits per heavy atom. The first-order valence-corrected chi connectivity index (χ1v) is 4.01. The lowest BCUT2D eigenvalue weighted by atomic mass is 10.5. The average molecular weight is 196 g/mol. The zero-order chi connectivity index (χ0) is 9.97. The highest BCUT2D eigenvalue weighted by atomic mass is 16.4. The summed E-state index contributed by atoms with van der Waals surface area (Å²) in [7, 11) is 0. The van der Waals surface area contributed by atoms with E-state index in [4.69, 9.17) is 4.42 Å². The summed E-state index contributed by atoms with van der Waals surface area (Å²) in [4.78, 5) is 12.1. The molecule has 74 valence electrons. The molecule has 14 heavy (non-hydrogen) atoms. The van der Waals surface area contributed by atoms with Gasteiger partial charge in [-0.2, -0.15) is 4.79 Å². The van der Waals surface area contributed by atoms with E-state index in [0.717, 1.165) is 0 Å². The van der Waals surface area contributed by atoms with Gasteiger partial charge >= 0.3 is 5.76 Å².